The van der Waals surface area contributed by atoms with Gasteiger partial charge in [-0.25, -0.2) is 0 Å². The van der Waals surface area contributed by atoms with Crippen LogP contribution in [-0.4, -0.2) is 53.7 Å². The summed E-state index contributed by atoms with van der Waals surface area (Å²) in [6.07, 6.45) is 2.19. The van der Waals surface area contributed by atoms with Crippen molar-refractivity contribution in [3.05, 3.63) is 0 Å². The van der Waals surface area contributed by atoms with Gasteiger partial charge in [0.15, 0.2) is 0 Å². The first-order valence-corrected chi connectivity index (χ1v) is 12.5. The van der Waals surface area contributed by atoms with Crippen molar-refractivity contribution in [1.82, 2.24) is 0 Å². The summed E-state index contributed by atoms with van der Waals surface area (Å²) in [7, 11) is 0. The number of hydrogen-bond acceptors (Lipinski definition) is 8. The van der Waals surface area contributed by atoms with E-state index in [1.807, 2.05) is 0 Å². The highest BCUT2D eigenvalue weighted by molar-refractivity contribution is 5.83. The van der Waals surface area contributed by atoms with Gasteiger partial charge in [-0.15, -0.1) is 0 Å². The van der Waals surface area contributed by atoms with E-state index in [0.29, 0.717) is 38.9 Å². The van der Waals surface area contributed by atoms with Crippen molar-refractivity contribution in [2.75, 3.05) is 13.2 Å². The first-order valence-electron chi connectivity index (χ1n) is 12.5. The third kappa shape index (κ3) is 19.0. The minimum atomic E-state index is -0.648. The van der Waals surface area contributed by atoms with Gasteiger partial charge in [-0.1, -0.05) is 0 Å². The van der Waals surface area contributed by atoms with Crippen molar-refractivity contribution in [2.24, 2.45) is 11.8 Å². The zero-order chi connectivity index (χ0) is 27.4. The number of Topliss-reactive ketones (excluding diaryl/α,β-unsaturated/α-hetero) is 1. The van der Waals surface area contributed by atoms with Gasteiger partial charge >= 0.3 is 17.9 Å². The average molecular weight is 501 g/mol. The Morgan fingerprint density at radius 3 is 1.31 bits per heavy atom. The lowest BCUT2D eigenvalue weighted by Gasteiger charge is -2.25. The molecule has 0 fully saturated rings. The van der Waals surface area contributed by atoms with Gasteiger partial charge in [0, 0.05) is 19.6 Å². The van der Waals surface area contributed by atoms with Gasteiger partial charge in [0.1, 0.15) is 22.6 Å². The fraction of sp³-hybridized carbons (Fsp3) is 0.852. The molecule has 0 aromatic heterocycles. The summed E-state index contributed by atoms with van der Waals surface area (Å²) in [5, 5.41) is 0. The molecule has 8 heteroatoms. The molecule has 35 heavy (non-hydrogen) atoms. The molecule has 0 heterocycles. The van der Waals surface area contributed by atoms with Crippen molar-refractivity contribution in [2.45, 2.75) is 125 Å². The highest BCUT2D eigenvalue weighted by Gasteiger charge is 2.29. The van der Waals surface area contributed by atoms with Gasteiger partial charge < -0.3 is 23.7 Å². The number of carbonyl (C=O) groups excluding carboxylic acids is 4. The summed E-state index contributed by atoms with van der Waals surface area (Å²) in [6, 6.07) is 0. The van der Waals surface area contributed by atoms with Gasteiger partial charge in [-0.2, -0.15) is 0 Å². The molecule has 0 aliphatic carbocycles. The molecule has 0 aromatic carbocycles. The number of ether oxygens (including phenoxy) is 4. The summed E-state index contributed by atoms with van der Waals surface area (Å²) in [5.41, 5.74) is -1.88. The van der Waals surface area contributed by atoms with Crippen LogP contribution in [0.1, 0.15) is 108 Å². The number of ketones is 1. The molecule has 0 saturated heterocycles. The van der Waals surface area contributed by atoms with Crippen LogP contribution in [-0.2, 0) is 38.1 Å². The number of carbonyl (C=O) groups is 4. The minimum Gasteiger partial charge on any atom is -0.460 e. The minimum absolute atomic E-state index is 0.0468. The van der Waals surface area contributed by atoms with Crippen molar-refractivity contribution in [3.63, 3.8) is 0 Å². The van der Waals surface area contributed by atoms with Crippen LogP contribution in [0, 0.1) is 11.8 Å². The maximum absolute atomic E-state index is 12.6. The standard InChI is InChI=1S/C27H48O8/c1-19(28)17-20(23(30)34-26(5,6)7)13-11-15-32-16-12-14-21(24(31)35-27(8,9)10)18-22(29)33-25(2,3)4/h20-21H,11-18H2,1-10H3/t20-,21-/m0/s1. The van der Waals surface area contributed by atoms with Crippen LogP contribution in [0.2, 0.25) is 0 Å². The van der Waals surface area contributed by atoms with Crippen LogP contribution in [0.25, 0.3) is 0 Å². The van der Waals surface area contributed by atoms with Crippen molar-refractivity contribution in [1.29, 1.82) is 0 Å². The molecule has 0 radical (unpaired) electrons. The lowest BCUT2D eigenvalue weighted by molar-refractivity contribution is -0.167. The van der Waals surface area contributed by atoms with Crippen LogP contribution < -0.4 is 0 Å². The van der Waals surface area contributed by atoms with Crippen molar-refractivity contribution in [3.8, 4) is 0 Å². The normalized spacial score (nSPS) is 14.1. The van der Waals surface area contributed by atoms with Crippen molar-refractivity contribution < 1.29 is 38.1 Å². The zero-order valence-electron chi connectivity index (χ0n) is 23.6. The van der Waals surface area contributed by atoms with Crippen LogP contribution in [0.5, 0.6) is 0 Å². The van der Waals surface area contributed by atoms with Gasteiger partial charge in [-0.05, 0) is 94.9 Å². The molecule has 0 rings (SSSR count). The lowest BCUT2D eigenvalue weighted by Crippen LogP contribution is -2.32. The first-order chi connectivity index (χ1) is 15.8. The van der Waals surface area contributed by atoms with Crippen LogP contribution in [0.4, 0.5) is 0 Å². The Bertz CT molecular complexity index is 691. The molecule has 0 amide bonds. The van der Waals surface area contributed by atoms with E-state index in [2.05, 4.69) is 0 Å². The highest BCUT2D eigenvalue weighted by Crippen LogP contribution is 2.21. The average Bonchev–Trinajstić information content (AvgIpc) is 2.60. The summed E-state index contributed by atoms with van der Waals surface area (Å²) in [4.78, 5) is 48.8. The molecule has 0 aliphatic heterocycles. The second-order valence-corrected chi connectivity index (χ2v) is 12.1. The molecule has 0 bridgehead atoms. The summed E-state index contributed by atoms with van der Waals surface area (Å²) < 4.78 is 22.0. The maximum atomic E-state index is 12.6. The maximum Gasteiger partial charge on any atom is 0.310 e. The number of esters is 3. The molecule has 0 spiro atoms. The number of rotatable bonds is 14. The molecule has 0 unspecified atom stereocenters. The van der Waals surface area contributed by atoms with Gasteiger partial charge in [0.25, 0.3) is 0 Å². The van der Waals surface area contributed by atoms with Crippen LogP contribution in [0.3, 0.4) is 0 Å². The largest absolute Gasteiger partial charge is 0.460 e. The molecule has 0 N–H and O–H groups in total. The molecular formula is C27H48O8. The molecule has 2 atom stereocenters. The van der Waals surface area contributed by atoms with Gasteiger partial charge in [0.05, 0.1) is 18.3 Å². The van der Waals surface area contributed by atoms with E-state index in [0.717, 1.165) is 0 Å². The van der Waals surface area contributed by atoms with Crippen LogP contribution in [0.15, 0.2) is 0 Å². The molecule has 204 valence electrons. The topological polar surface area (TPSA) is 105 Å². The predicted octanol–water partition coefficient (Wildman–Crippen LogP) is 5.19. The second-order valence-electron chi connectivity index (χ2n) is 12.1. The van der Waals surface area contributed by atoms with E-state index in [1.165, 1.54) is 6.92 Å². The molecule has 8 nitrogen and oxygen atoms in total. The first kappa shape index (κ1) is 33.0. The Balaban J connectivity index is 4.65. The molecule has 0 saturated carbocycles. The Morgan fingerprint density at radius 1 is 0.600 bits per heavy atom. The van der Waals surface area contributed by atoms with Crippen molar-refractivity contribution >= 4 is 23.7 Å². The molecular weight excluding hydrogens is 452 g/mol. The van der Waals surface area contributed by atoms with E-state index in [1.54, 1.807) is 62.3 Å². The Kier molecular flexibility index (Phi) is 13.7. The highest BCUT2D eigenvalue weighted by atomic mass is 16.6. The summed E-state index contributed by atoms with van der Waals surface area (Å²) in [5.74, 6) is -2.38. The molecule has 0 aliphatic rings. The van der Waals surface area contributed by atoms with E-state index in [9.17, 15) is 19.2 Å². The zero-order valence-corrected chi connectivity index (χ0v) is 23.6. The smallest absolute Gasteiger partial charge is 0.310 e. The SMILES string of the molecule is CC(=O)C[C@H](CCCOCCC[C@@H](CC(=O)OC(C)(C)C)C(=O)OC(C)(C)C)C(=O)OC(C)(C)C. The van der Waals surface area contributed by atoms with Gasteiger partial charge in [0.2, 0.25) is 0 Å². The monoisotopic (exact) mass is 500 g/mol. The molecule has 0 aromatic rings. The lowest BCUT2D eigenvalue weighted by atomic mass is 9.97. The summed E-state index contributed by atoms with van der Waals surface area (Å²) >= 11 is 0. The third-order valence-corrected chi connectivity index (χ3v) is 4.53. The fourth-order valence-corrected chi connectivity index (χ4v) is 3.27. The fourth-order valence-electron chi connectivity index (χ4n) is 3.27. The Hall–Kier alpha value is -1.96. The summed E-state index contributed by atoms with van der Waals surface area (Å²) in [6.45, 7) is 18.4. The third-order valence-electron chi connectivity index (χ3n) is 4.53. The van der Waals surface area contributed by atoms with E-state index in [4.69, 9.17) is 18.9 Å². The Morgan fingerprint density at radius 2 is 0.971 bits per heavy atom. The Labute approximate surface area is 211 Å². The van der Waals surface area contributed by atoms with E-state index >= 15 is 0 Å². The van der Waals surface area contributed by atoms with Crippen LogP contribution >= 0.6 is 0 Å². The second kappa shape index (κ2) is 14.6. The van der Waals surface area contributed by atoms with E-state index in [-0.39, 0.29) is 24.6 Å². The quantitative estimate of drug-likeness (QED) is 0.182. The van der Waals surface area contributed by atoms with Gasteiger partial charge in [-0.3, -0.25) is 14.4 Å². The van der Waals surface area contributed by atoms with E-state index < -0.39 is 40.6 Å². The predicted molar refractivity (Wildman–Crippen MR) is 134 cm³/mol. The number of hydrogen-bond donors (Lipinski definition) is 0.